The number of nitrogens with one attached hydrogen (secondary N) is 1. The zero-order valence-electron chi connectivity index (χ0n) is 15.6. The molecule has 0 aliphatic carbocycles. The van der Waals surface area contributed by atoms with E-state index in [1.54, 1.807) is 12.0 Å². The van der Waals surface area contributed by atoms with Crippen LogP contribution < -0.4 is 19.5 Å². The molecule has 0 bridgehead atoms. The van der Waals surface area contributed by atoms with Crippen molar-refractivity contribution in [2.24, 2.45) is 5.92 Å². The Kier molecular flexibility index (Phi) is 5.06. The molecule has 2 heterocycles. The van der Waals surface area contributed by atoms with E-state index in [0.717, 1.165) is 16.9 Å². The average molecular weight is 382 g/mol. The summed E-state index contributed by atoms with van der Waals surface area (Å²) >= 11 is 0. The van der Waals surface area contributed by atoms with Gasteiger partial charge in [-0.05, 0) is 23.8 Å². The van der Waals surface area contributed by atoms with Gasteiger partial charge in [-0.15, -0.1) is 0 Å². The van der Waals surface area contributed by atoms with E-state index in [2.05, 4.69) is 5.32 Å². The third-order valence-electron chi connectivity index (χ3n) is 5.04. The van der Waals surface area contributed by atoms with Gasteiger partial charge in [-0.3, -0.25) is 9.59 Å². The molecule has 2 aliphatic rings. The number of methoxy groups -OCH3 is 1. The van der Waals surface area contributed by atoms with Gasteiger partial charge in [0.15, 0.2) is 11.5 Å². The van der Waals surface area contributed by atoms with Gasteiger partial charge in [0.2, 0.25) is 18.6 Å². The summed E-state index contributed by atoms with van der Waals surface area (Å²) in [6.07, 6.45) is 0.224. The molecule has 1 unspecified atom stereocenters. The highest BCUT2D eigenvalue weighted by Crippen LogP contribution is 2.32. The van der Waals surface area contributed by atoms with Crippen molar-refractivity contribution in [1.29, 1.82) is 0 Å². The third-order valence-corrected chi connectivity index (χ3v) is 5.04. The van der Waals surface area contributed by atoms with Gasteiger partial charge >= 0.3 is 0 Å². The van der Waals surface area contributed by atoms with Crippen LogP contribution in [0.25, 0.3) is 0 Å². The Morgan fingerprint density at radius 1 is 1.21 bits per heavy atom. The molecule has 1 N–H and O–H groups in total. The second-order valence-corrected chi connectivity index (χ2v) is 6.89. The molecule has 146 valence electrons. The summed E-state index contributed by atoms with van der Waals surface area (Å²) in [5, 5.41) is 2.92. The second kappa shape index (κ2) is 7.80. The van der Waals surface area contributed by atoms with Gasteiger partial charge in [-0.1, -0.05) is 24.3 Å². The number of likely N-dealkylation sites (tertiary alicyclic amines) is 1. The number of para-hydroxylation sites is 1. The molecule has 7 heteroatoms. The smallest absolute Gasteiger partial charge is 0.231 e. The highest BCUT2D eigenvalue weighted by atomic mass is 16.7. The first kappa shape index (κ1) is 18.2. The fourth-order valence-electron chi connectivity index (χ4n) is 3.52. The van der Waals surface area contributed by atoms with Crippen LogP contribution >= 0.6 is 0 Å². The van der Waals surface area contributed by atoms with Crippen molar-refractivity contribution in [2.75, 3.05) is 20.4 Å². The molecule has 1 saturated heterocycles. The summed E-state index contributed by atoms with van der Waals surface area (Å²) in [4.78, 5) is 26.6. The van der Waals surface area contributed by atoms with Crippen LogP contribution in [0, 0.1) is 5.92 Å². The predicted molar refractivity (Wildman–Crippen MR) is 101 cm³/mol. The van der Waals surface area contributed by atoms with E-state index in [9.17, 15) is 9.59 Å². The zero-order valence-corrected chi connectivity index (χ0v) is 15.6. The van der Waals surface area contributed by atoms with Gasteiger partial charge in [0.1, 0.15) is 5.75 Å². The van der Waals surface area contributed by atoms with Gasteiger partial charge in [-0.25, -0.2) is 0 Å². The van der Waals surface area contributed by atoms with Crippen LogP contribution in [0.5, 0.6) is 17.2 Å². The molecule has 2 amide bonds. The number of rotatable bonds is 6. The van der Waals surface area contributed by atoms with E-state index in [0.29, 0.717) is 31.1 Å². The molecule has 1 atom stereocenters. The summed E-state index contributed by atoms with van der Waals surface area (Å²) in [6, 6.07) is 13.2. The van der Waals surface area contributed by atoms with Crippen molar-refractivity contribution in [1.82, 2.24) is 10.2 Å². The summed E-state index contributed by atoms with van der Waals surface area (Å²) < 4.78 is 16.0. The minimum absolute atomic E-state index is 0.0193. The highest BCUT2D eigenvalue weighted by Gasteiger charge is 2.34. The summed E-state index contributed by atoms with van der Waals surface area (Å²) in [7, 11) is 1.61. The Morgan fingerprint density at radius 2 is 2.04 bits per heavy atom. The van der Waals surface area contributed by atoms with E-state index in [-0.39, 0.29) is 30.9 Å². The zero-order chi connectivity index (χ0) is 19.5. The largest absolute Gasteiger partial charge is 0.496 e. The van der Waals surface area contributed by atoms with Crippen LogP contribution in [0.15, 0.2) is 42.5 Å². The Hall–Kier alpha value is -3.22. The lowest BCUT2D eigenvalue weighted by Gasteiger charge is -2.18. The fourth-order valence-corrected chi connectivity index (χ4v) is 3.52. The van der Waals surface area contributed by atoms with Crippen LogP contribution in [0.2, 0.25) is 0 Å². The third kappa shape index (κ3) is 3.74. The lowest BCUT2D eigenvalue weighted by molar-refractivity contribution is -0.129. The maximum absolute atomic E-state index is 12.5. The highest BCUT2D eigenvalue weighted by molar-refractivity contribution is 5.89. The molecule has 2 aliphatic heterocycles. The van der Waals surface area contributed by atoms with Crippen molar-refractivity contribution >= 4 is 11.8 Å². The van der Waals surface area contributed by atoms with E-state index in [1.807, 2.05) is 42.5 Å². The minimum Gasteiger partial charge on any atom is -0.496 e. The van der Waals surface area contributed by atoms with Crippen LogP contribution in [0.1, 0.15) is 17.5 Å². The summed E-state index contributed by atoms with van der Waals surface area (Å²) in [5.74, 6) is 1.65. The van der Waals surface area contributed by atoms with E-state index >= 15 is 0 Å². The first-order chi connectivity index (χ1) is 13.6. The SMILES string of the molecule is COc1ccccc1CN1CC(C(=O)NCc2ccc3c(c2)OCO3)CC1=O. The first-order valence-corrected chi connectivity index (χ1v) is 9.20. The van der Waals surface area contributed by atoms with Crippen molar-refractivity contribution < 1.29 is 23.8 Å². The topological polar surface area (TPSA) is 77.1 Å². The number of benzene rings is 2. The van der Waals surface area contributed by atoms with E-state index in [1.165, 1.54) is 0 Å². The number of amides is 2. The molecule has 28 heavy (non-hydrogen) atoms. The monoisotopic (exact) mass is 382 g/mol. The molecular weight excluding hydrogens is 360 g/mol. The van der Waals surface area contributed by atoms with E-state index < -0.39 is 0 Å². The molecule has 0 spiro atoms. The summed E-state index contributed by atoms with van der Waals surface area (Å²) in [6.45, 7) is 1.45. The molecule has 1 fully saturated rings. The average Bonchev–Trinajstić information content (AvgIpc) is 3.33. The standard InChI is InChI=1S/C21H22N2O5/c1-26-17-5-3-2-4-15(17)11-23-12-16(9-20(23)24)21(25)22-10-14-6-7-18-19(8-14)28-13-27-18/h2-8,16H,9-13H2,1H3,(H,22,25). The molecule has 4 rings (SSSR count). The Balaban J connectivity index is 1.33. The molecule has 0 saturated carbocycles. The number of carbonyl (C=O) groups excluding carboxylic acids is 2. The van der Waals surface area contributed by atoms with Crippen LogP contribution in [0.3, 0.4) is 0 Å². The molecule has 0 aromatic heterocycles. The molecule has 2 aromatic carbocycles. The van der Waals surface area contributed by atoms with Crippen molar-refractivity contribution in [3.05, 3.63) is 53.6 Å². The number of carbonyl (C=O) groups is 2. The van der Waals surface area contributed by atoms with Gasteiger partial charge in [0.05, 0.1) is 13.0 Å². The van der Waals surface area contributed by atoms with Gasteiger partial charge in [0.25, 0.3) is 0 Å². The maximum atomic E-state index is 12.5. The minimum atomic E-state index is -0.351. The number of hydrogen-bond acceptors (Lipinski definition) is 5. The quantitative estimate of drug-likeness (QED) is 0.828. The van der Waals surface area contributed by atoms with Crippen LogP contribution in [-0.2, 0) is 22.7 Å². The van der Waals surface area contributed by atoms with Crippen LogP contribution in [0.4, 0.5) is 0 Å². The number of fused-ring (bicyclic) bond motifs is 1. The van der Waals surface area contributed by atoms with Crippen molar-refractivity contribution in [3.8, 4) is 17.2 Å². The van der Waals surface area contributed by atoms with Gasteiger partial charge in [-0.2, -0.15) is 0 Å². The molecule has 7 nitrogen and oxygen atoms in total. The Labute approximate surface area is 163 Å². The second-order valence-electron chi connectivity index (χ2n) is 6.89. The molecular formula is C21H22N2O5. The predicted octanol–water partition coefficient (Wildman–Crippen LogP) is 2.09. The summed E-state index contributed by atoms with van der Waals surface area (Å²) in [5.41, 5.74) is 1.85. The number of nitrogens with zero attached hydrogens (tertiary/aromatic N) is 1. The molecule has 2 aromatic rings. The van der Waals surface area contributed by atoms with Crippen LogP contribution in [-0.4, -0.2) is 37.2 Å². The Morgan fingerprint density at radius 3 is 2.89 bits per heavy atom. The van der Waals surface area contributed by atoms with Crippen molar-refractivity contribution in [2.45, 2.75) is 19.5 Å². The normalized spacial score (nSPS) is 17.7. The Bertz CT molecular complexity index is 898. The molecule has 0 radical (unpaired) electrons. The number of hydrogen-bond donors (Lipinski definition) is 1. The van der Waals surface area contributed by atoms with E-state index in [4.69, 9.17) is 14.2 Å². The number of ether oxygens (including phenoxy) is 3. The maximum Gasteiger partial charge on any atom is 0.231 e. The van der Waals surface area contributed by atoms with Crippen molar-refractivity contribution in [3.63, 3.8) is 0 Å². The fraction of sp³-hybridized carbons (Fsp3) is 0.333. The first-order valence-electron chi connectivity index (χ1n) is 9.20. The lowest BCUT2D eigenvalue weighted by Crippen LogP contribution is -2.32. The lowest BCUT2D eigenvalue weighted by atomic mass is 10.1. The van der Waals surface area contributed by atoms with Gasteiger partial charge < -0.3 is 24.4 Å². The van der Waals surface area contributed by atoms with Gasteiger partial charge in [0, 0.05) is 31.6 Å².